The first-order valence-electron chi connectivity index (χ1n) is 7.96. The molecular weight excluding hydrogens is 391 g/mol. The number of benzene rings is 2. The van der Waals surface area contributed by atoms with Gasteiger partial charge in [-0.05, 0) is 18.6 Å². The highest BCUT2D eigenvalue weighted by Gasteiger charge is 2.22. The average molecular weight is 411 g/mol. The third-order valence-corrected chi connectivity index (χ3v) is 4.21. The highest BCUT2D eigenvalue weighted by Crippen LogP contribution is 2.33. The monoisotopic (exact) mass is 410 g/mol. The Hall–Kier alpha value is -1.92. The molecule has 1 atom stereocenters. The van der Waals surface area contributed by atoms with Gasteiger partial charge in [-0.3, -0.25) is 4.79 Å². The smallest absolute Gasteiger partial charge is 0.324 e. The van der Waals surface area contributed by atoms with Crippen molar-refractivity contribution >= 4 is 21.9 Å². The van der Waals surface area contributed by atoms with Gasteiger partial charge in [-0.2, -0.15) is 0 Å². The Morgan fingerprint density at radius 3 is 2.64 bits per heavy atom. The molecule has 0 bridgehead atoms. The lowest BCUT2D eigenvalue weighted by Crippen LogP contribution is -2.13. The molecule has 1 unspecified atom stereocenters. The summed E-state index contributed by atoms with van der Waals surface area (Å²) in [6, 6.07) is 13.8. The molecule has 0 aliphatic carbocycles. The highest BCUT2D eigenvalue weighted by molar-refractivity contribution is 9.09. The zero-order chi connectivity index (χ0) is 18.1. The quantitative estimate of drug-likeness (QED) is 0.348. The third-order valence-electron chi connectivity index (χ3n) is 3.34. The third kappa shape index (κ3) is 6.14. The molecule has 0 aliphatic rings. The number of carbonyl (C=O) groups is 1. The number of rotatable bonds is 9. The van der Waals surface area contributed by atoms with Gasteiger partial charge in [0.2, 0.25) is 0 Å². The van der Waals surface area contributed by atoms with Gasteiger partial charge in [-0.15, -0.1) is 0 Å². The van der Waals surface area contributed by atoms with Crippen LogP contribution in [0.25, 0.3) is 0 Å². The Labute approximate surface area is 155 Å². The molecule has 25 heavy (non-hydrogen) atoms. The minimum Gasteiger partial charge on any atom is -0.491 e. The van der Waals surface area contributed by atoms with Crippen LogP contribution < -0.4 is 4.74 Å². The van der Waals surface area contributed by atoms with Crippen LogP contribution in [0.2, 0.25) is 0 Å². The SMILES string of the molecule is CCOC(=O)C(Br)c1ccc(F)cc1OCCOCc1ccccc1. The Kier molecular flexibility index (Phi) is 7.88. The lowest BCUT2D eigenvalue weighted by Gasteiger charge is -2.15. The standard InChI is InChI=1S/C19H20BrFO4/c1-2-24-19(22)18(20)16-9-8-15(21)12-17(16)25-11-10-23-13-14-6-4-3-5-7-14/h3-9,12,18H,2,10-11,13H2,1H3. The van der Waals surface area contributed by atoms with Crippen molar-refractivity contribution in [3.05, 3.63) is 65.5 Å². The van der Waals surface area contributed by atoms with Crippen LogP contribution in [0.15, 0.2) is 48.5 Å². The lowest BCUT2D eigenvalue weighted by atomic mass is 10.1. The normalized spacial score (nSPS) is 11.8. The Morgan fingerprint density at radius 1 is 1.16 bits per heavy atom. The van der Waals surface area contributed by atoms with E-state index in [0.29, 0.717) is 24.5 Å². The molecule has 0 heterocycles. The summed E-state index contributed by atoms with van der Waals surface area (Å²) in [6.07, 6.45) is 0. The Bertz CT molecular complexity index is 678. The fourth-order valence-corrected chi connectivity index (χ4v) is 2.67. The number of alkyl halides is 1. The number of carbonyl (C=O) groups excluding carboxylic acids is 1. The largest absolute Gasteiger partial charge is 0.491 e. The van der Waals surface area contributed by atoms with Gasteiger partial charge >= 0.3 is 5.97 Å². The maximum absolute atomic E-state index is 13.5. The number of ether oxygens (including phenoxy) is 3. The van der Waals surface area contributed by atoms with Crippen LogP contribution in [0.3, 0.4) is 0 Å². The topological polar surface area (TPSA) is 44.8 Å². The maximum atomic E-state index is 13.5. The van der Waals surface area contributed by atoms with Crippen molar-refractivity contribution in [1.29, 1.82) is 0 Å². The van der Waals surface area contributed by atoms with Crippen LogP contribution in [0.5, 0.6) is 5.75 Å². The van der Waals surface area contributed by atoms with E-state index in [0.717, 1.165) is 5.56 Å². The minimum absolute atomic E-state index is 0.242. The number of hydrogen-bond donors (Lipinski definition) is 0. The summed E-state index contributed by atoms with van der Waals surface area (Å²) in [6.45, 7) is 3.06. The fourth-order valence-electron chi connectivity index (χ4n) is 2.16. The van der Waals surface area contributed by atoms with Gasteiger partial charge in [-0.1, -0.05) is 52.3 Å². The van der Waals surface area contributed by atoms with Gasteiger partial charge in [0.05, 0.1) is 19.8 Å². The molecule has 134 valence electrons. The molecule has 6 heteroatoms. The molecule has 0 radical (unpaired) electrons. The molecule has 0 saturated carbocycles. The molecule has 0 saturated heterocycles. The van der Waals surface area contributed by atoms with Gasteiger partial charge in [0.15, 0.2) is 0 Å². The van der Waals surface area contributed by atoms with Crippen LogP contribution in [-0.2, 0) is 20.9 Å². The number of esters is 1. The predicted molar refractivity (Wildman–Crippen MR) is 96.3 cm³/mol. The first kappa shape index (κ1) is 19.4. The van der Waals surface area contributed by atoms with Gasteiger partial charge in [0.25, 0.3) is 0 Å². The van der Waals surface area contributed by atoms with Crippen molar-refractivity contribution in [2.75, 3.05) is 19.8 Å². The molecule has 2 aromatic carbocycles. The Morgan fingerprint density at radius 2 is 1.92 bits per heavy atom. The Balaban J connectivity index is 1.90. The van der Waals surface area contributed by atoms with Crippen LogP contribution >= 0.6 is 15.9 Å². The number of hydrogen-bond acceptors (Lipinski definition) is 4. The van der Waals surface area contributed by atoms with E-state index in [1.54, 1.807) is 6.92 Å². The molecule has 2 aromatic rings. The summed E-state index contributed by atoms with van der Waals surface area (Å²) < 4.78 is 29.6. The van der Waals surface area contributed by atoms with E-state index in [9.17, 15) is 9.18 Å². The van der Waals surface area contributed by atoms with Crippen LogP contribution in [0, 0.1) is 5.82 Å². The van der Waals surface area contributed by atoms with E-state index in [2.05, 4.69) is 15.9 Å². The van der Waals surface area contributed by atoms with E-state index < -0.39 is 16.6 Å². The van der Waals surface area contributed by atoms with Crippen molar-refractivity contribution in [3.8, 4) is 5.75 Å². The van der Waals surface area contributed by atoms with Gasteiger partial charge in [-0.25, -0.2) is 4.39 Å². The molecule has 0 aromatic heterocycles. The van der Waals surface area contributed by atoms with Crippen LogP contribution in [-0.4, -0.2) is 25.8 Å². The summed E-state index contributed by atoms with van der Waals surface area (Å²) in [5, 5.41) is 0. The summed E-state index contributed by atoms with van der Waals surface area (Å²) in [7, 11) is 0. The van der Waals surface area contributed by atoms with E-state index in [1.165, 1.54) is 18.2 Å². The van der Waals surface area contributed by atoms with Crippen molar-refractivity contribution < 1.29 is 23.4 Å². The second-order valence-electron chi connectivity index (χ2n) is 5.18. The highest BCUT2D eigenvalue weighted by atomic mass is 79.9. The molecule has 0 spiro atoms. The molecular formula is C19H20BrFO4. The predicted octanol–water partition coefficient (Wildman–Crippen LogP) is 4.42. The van der Waals surface area contributed by atoms with Crippen molar-refractivity contribution in [3.63, 3.8) is 0 Å². The minimum atomic E-state index is -0.715. The van der Waals surface area contributed by atoms with Gasteiger partial charge in [0, 0.05) is 11.6 Å². The molecule has 0 N–H and O–H groups in total. The molecule has 2 rings (SSSR count). The summed E-state index contributed by atoms with van der Waals surface area (Å²) in [5.74, 6) is -0.593. The van der Waals surface area contributed by atoms with Gasteiger partial charge < -0.3 is 14.2 Å². The summed E-state index contributed by atoms with van der Waals surface area (Å²) in [5.41, 5.74) is 1.58. The van der Waals surface area contributed by atoms with Crippen LogP contribution in [0.1, 0.15) is 22.9 Å². The maximum Gasteiger partial charge on any atom is 0.324 e. The number of halogens is 2. The molecule has 0 fully saturated rings. The average Bonchev–Trinajstić information content (AvgIpc) is 2.62. The zero-order valence-electron chi connectivity index (χ0n) is 13.9. The first-order valence-corrected chi connectivity index (χ1v) is 8.88. The fraction of sp³-hybridized carbons (Fsp3) is 0.316. The summed E-state index contributed by atoms with van der Waals surface area (Å²) in [4.78, 5) is 11.2. The lowest BCUT2D eigenvalue weighted by molar-refractivity contribution is -0.142. The molecule has 4 nitrogen and oxygen atoms in total. The van der Waals surface area contributed by atoms with E-state index in [4.69, 9.17) is 14.2 Å². The molecule has 0 aliphatic heterocycles. The van der Waals surface area contributed by atoms with E-state index >= 15 is 0 Å². The summed E-state index contributed by atoms with van der Waals surface area (Å²) >= 11 is 3.27. The van der Waals surface area contributed by atoms with Crippen molar-refractivity contribution in [2.24, 2.45) is 0 Å². The second-order valence-corrected chi connectivity index (χ2v) is 6.10. The second kappa shape index (κ2) is 10.2. The van der Waals surface area contributed by atoms with Crippen molar-refractivity contribution in [1.82, 2.24) is 0 Å². The van der Waals surface area contributed by atoms with Gasteiger partial charge in [0.1, 0.15) is 23.0 Å². The van der Waals surface area contributed by atoms with E-state index in [-0.39, 0.29) is 13.2 Å². The van der Waals surface area contributed by atoms with Crippen LogP contribution in [0.4, 0.5) is 4.39 Å². The zero-order valence-corrected chi connectivity index (χ0v) is 15.5. The molecule has 0 amide bonds. The van der Waals surface area contributed by atoms with E-state index in [1.807, 2.05) is 30.3 Å². The first-order chi connectivity index (χ1) is 12.1. The van der Waals surface area contributed by atoms with Crippen molar-refractivity contribution in [2.45, 2.75) is 18.4 Å².